The van der Waals surface area contributed by atoms with E-state index in [1.54, 1.807) is 20.8 Å². The first-order valence-electron chi connectivity index (χ1n) is 9.93. The Labute approximate surface area is 174 Å². The van der Waals surface area contributed by atoms with Crippen molar-refractivity contribution >= 4 is 17.7 Å². The van der Waals surface area contributed by atoms with E-state index >= 15 is 0 Å². The smallest absolute Gasteiger partial charge is 0.338 e. The number of amides is 2. The van der Waals surface area contributed by atoms with E-state index in [1.165, 1.54) is 12.1 Å². The average Bonchev–Trinajstić information content (AvgIpc) is 2.68. The maximum absolute atomic E-state index is 12.8. The molecule has 10 nitrogen and oxygen atoms in total. The highest BCUT2D eigenvalue weighted by Gasteiger charge is 2.36. The first-order chi connectivity index (χ1) is 14.4. The van der Waals surface area contributed by atoms with Gasteiger partial charge in [-0.05, 0) is 27.2 Å². The molecule has 0 spiro atoms. The molecule has 0 saturated carbocycles. The molecule has 0 fully saturated rings. The number of rotatable bonds is 10. The van der Waals surface area contributed by atoms with Crippen molar-refractivity contribution < 1.29 is 28.7 Å². The Kier molecular flexibility index (Phi) is 8.02. The van der Waals surface area contributed by atoms with E-state index in [0.29, 0.717) is 18.5 Å². The molecule has 1 aromatic rings. The lowest BCUT2D eigenvalue weighted by molar-refractivity contribution is -0.385. The van der Waals surface area contributed by atoms with Crippen molar-refractivity contribution in [2.24, 2.45) is 0 Å². The maximum atomic E-state index is 12.8. The molecule has 1 unspecified atom stereocenters. The number of esters is 1. The summed E-state index contributed by atoms with van der Waals surface area (Å²) < 4.78 is 16.3. The third-order valence-corrected chi connectivity index (χ3v) is 4.35. The summed E-state index contributed by atoms with van der Waals surface area (Å²) >= 11 is 0. The van der Waals surface area contributed by atoms with Gasteiger partial charge < -0.3 is 24.8 Å². The van der Waals surface area contributed by atoms with Crippen LogP contribution in [0.25, 0.3) is 0 Å². The fraction of sp³-hybridized carbons (Fsp3) is 0.500. The van der Waals surface area contributed by atoms with E-state index in [2.05, 4.69) is 10.6 Å². The van der Waals surface area contributed by atoms with Gasteiger partial charge in [0.25, 0.3) is 0 Å². The van der Waals surface area contributed by atoms with Gasteiger partial charge in [-0.15, -0.1) is 0 Å². The van der Waals surface area contributed by atoms with Crippen LogP contribution in [0.1, 0.15) is 52.1 Å². The summed E-state index contributed by atoms with van der Waals surface area (Å²) in [4.78, 5) is 36.1. The lowest BCUT2D eigenvalue weighted by atomic mass is 9.92. The molecule has 0 bridgehead atoms. The third kappa shape index (κ3) is 5.00. The first-order valence-corrected chi connectivity index (χ1v) is 9.93. The molecular formula is C20H27N3O7. The van der Waals surface area contributed by atoms with Crippen molar-refractivity contribution in [1.82, 2.24) is 10.6 Å². The summed E-state index contributed by atoms with van der Waals surface area (Å²) in [5.41, 5.74) is 0.600. The van der Waals surface area contributed by atoms with Crippen LogP contribution in [0.15, 0.2) is 23.4 Å². The van der Waals surface area contributed by atoms with Crippen molar-refractivity contribution in [2.45, 2.75) is 46.6 Å². The van der Waals surface area contributed by atoms with Gasteiger partial charge in [0, 0.05) is 23.4 Å². The Morgan fingerprint density at radius 1 is 1.10 bits per heavy atom. The molecule has 1 aliphatic rings. The summed E-state index contributed by atoms with van der Waals surface area (Å²) in [5, 5.41) is 17.0. The predicted octanol–water partition coefficient (Wildman–Crippen LogP) is 3.36. The van der Waals surface area contributed by atoms with Crippen LogP contribution in [0.5, 0.6) is 11.5 Å². The number of nitrogens with one attached hydrogen (secondary N) is 2. The quantitative estimate of drug-likeness (QED) is 0.337. The van der Waals surface area contributed by atoms with E-state index in [0.717, 1.165) is 0 Å². The normalized spacial score (nSPS) is 15.9. The summed E-state index contributed by atoms with van der Waals surface area (Å²) in [5.74, 6) is -0.292. The lowest BCUT2D eigenvalue weighted by Gasteiger charge is -2.30. The molecule has 0 aromatic heterocycles. The number of carbonyl (C=O) groups is 2. The van der Waals surface area contributed by atoms with Crippen LogP contribution in [-0.4, -0.2) is 36.7 Å². The second-order valence-corrected chi connectivity index (χ2v) is 6.38. The Hall–Kier alpha value is -3.30. The van der Waals surface area contributed by atoms with Crippen molar-refractivity contribution in [2.75, 3.05) is 19.8 Å². The Morgan fingerprint density at radius 3 is 2.33 bits per heavy atom. The van der Waals surface area contributed by atoms with Gasteiger partial charge >= 0.3 is 17.7 Å². The molecule has 0 aliphatic carbocycles. The van der Waals surface area contributed by atoms with Gasteiger partial charge in [0.15, 0.2) is 0 Å². The number of nitro benzene ring substituents is 1. The number of hydrogen-bond acceptors (Lipinski definition) is 7. The highest BCUT2D eigenvalue weighted by atomic mass is 16.6. The summed E-state index contributed by atoms with van der Waals surface area (Å²) in [6.07, 6.45) is 1.11. The van der Waals surface area contributed by atoms with Crippen molar-refractivity contribution in [3.63, 3.8) is 0 Å². The topological polar surface area (TPSA) is 129 Å². The van der Waals surface area contributed by atoms with Gasteiger partial charge in [-0.3, -0.25) is 10.1 Å². The second-order valence-electron chi connectivity index (χ2n) is 6.38. The fourth-order valence-corrected chi connectivity index (χ4v) is 3.23. The Morgan fingerprint density at radius 2 is 1.77 bits per heavy atom. The van der Waals surface area contributed by atoms with Gasteiger partial charge in [-0.25, -0.2) is 9.59 Å². The Balaban J connectivity index is 2.73. The van der Waals surface area contributed by atoms with E-state index in [9.17, 15) is 19.7 Å². The molecular weight excluding hydrogens is 394 g/mol. The number of urea groups is 1. The summed E-state index contributed by atoms with van der Waals surface area (Å²) in [6.45, 7) is 7.70. The monoisotopic (exact) mass is 421 g/mol. The van der Waals surface area contributed by atoms with Crippen molar-refractivity contribution in [3.8, 4) is 11.5 Å². The zero-order valence-electron chi connectivity index (χ0n) is 17.6. The Bertz CT molecular complexity index is 851. The molecule has 2 N–H and O–H groups in total. The zero-order valence-corrected chi connectivity index (χ0v) is 17.6. The highest BCUT2D eigenvalue weighted by molar-refractivity contribution is 5.95. The molecule has 30 heavy (non-hydrogen) atoms. The number of carbonyl (C=O) groups excluding carboxylic acids is 2. The van der Waals surface area contributed by atoms with Crippen LogP contribution in [0.2, 0.25) is 0 Å². The molecule has 164 valence electrons. The SMILES string of the molecule is CCCC1=C(C(=O)OCC)C(c2cc([N+](=O)[O-])c(OCC)cc2OCC)NC(=O)N1. The molecule has 2 amide bonds. The molecule has 1 atom stereocenters. The molecule has 1 aromatic carbocycles. The maximum Gasteiger partial charge on any atom is 0.338 e. The van der Waals surface area contributed by atoms with Gasteiger partial charge in [0.05, 0.1) is 36.4 Å². The zero-order chi connectivity index (χ0) is 22.3. The van der Waals surface area contributed by atoms with Gasteiger partial charge in [-0.1, -0.05) is 13.3 Å². The van der Waals surface area contributed by atoms with Crippen LogP contribution in [-0.2, 0) is 9.53 Å². The van der Waals surface area contributed by atoms with Crippen molar-refractivity contribution in [3.05, 3.63) is 39.1 Å². The molecule has 0 saturated heterocycles. The third-order valence-electron chi connectivity index (χ3n) is 4.35. The van der Waals surface area contributed by atoms with E-state index < -0.39 is 23.0 Å². The van der Waals surface area contributed by atoms with Crippen LogP contribution >= 0.6 is 0 Å². The van der Waals surface area contributed by atoms with Gasteiger partial charge in [-0.2, -0.15) is 0 Å². The minimum absolute atomic E-state index is 0.0467. The van der Waals surface area contributed by atoms with Crippen LogP contribution in [0, 0.1) is 10.1 Å². The average molecular weight is 421 g/mol. The number of nitro groups is 1. The van der Waals surface area contributed by atoms with Gasteiger partial charge in [0.2, 0.25) is 5.75 Å². The fourth-order valence-electron chi connectivity index (χ4n) is 3.23. The minimum Gasteiger partial charge on any atom is -0.493 e. The minimum atomic E-state index is -0.977. The molecule has 1 heterocycles. The summed E-state index contributed by atoms with van der Waals surface area (Å²) in [7, 11) is 0. The van der Waals surface area contributed by atoms with Crippen LogP contribution < -0.4 is 20.1 Å². The largest absolute Gasteiger partial charge is 0.493 e. The van der Waals surface area contributed by atoms with Crippen LogP contribution in [0.4, 0.5) is 10.5 Å². The number of nitrogens with zero attached hydrogens (tertiary/aromatic N) is 1. The van der Waals surface area contributed by atoms with Crippen molar-refractivity contribution in [1.29, 1.82) is 0 Å². The number of allylic oxidation sites excluding steroid dienone is 1. The molecule has 0 radical (unpaired) electrons. The van der Waals surface area contributed by atoms with Crippen LogP contribution in [0.3, 0.4) is 0 Å². The highest BCUT2D eigenvalue weighted by Crippen LogP contribution is 2.41. The molecule has 10 heteroatoms. The van der Waals surface area contributed by atoms with E-state index in [-0.39, 0.29) is 48.1 Å². The first kappa shape index (κ1) is 23.0. The van der Waals surface area contributed by atoms with E-state index in [4.69, 9.17) is 14.2 Å². The standard InChI is InChI=1S/C20H27N3O7/c1-5-9-13-17(19(24)30-8-4)18(22-20(25)21-13)12-10-14(23(26)27)16(29-7-3)11-15(12)28-6-2/h10-11,18H,5-9H2,1-4H3,(H2,21,22,25). The predicted molar refractivity (Wildman–Crippen MR) is 108 cm³/mol. The second kappa shape index (κ2) is 10.5. The molecule has 2 rings (SSSR count). The summed E-state index contributed by atoms with van der Waals surface area (Å²) in [6, 6.07) is 1.19. The lowest BCUT2D eigenvalue weighted by Crippen LogP contribution is -2.46. The number of hydrogen-bond donors (Lipinski definition) is 2. The van der Waals surface area contributed by atoms with Gasteiger partial charge in [0.1, 0.15) is 5.75 Å². The number of benzene rings is 1. The van der Waals surface area contributed by atoms with E-state index in [1.807, 2.05) is 6.92 Å². The molecule has 1 aliphatic heterocycles. The number of ether oxygens (including phenoxy) is 3.